The summed E-state index contributed by atoms with van der Waals surface area (Å²) in [6, 6.07) is 8.51. The maximum atomic E-state index is 12.3. The Morgan fingerprint density at radius 2 is 1.81 bits per heavy atom. The normalized spacial score (nSPS) is 23.7. The van der Waals surface area contributed by atoms with E-state index in [0.717, 1.165) is 0 Å². The van der Waals surface area contributed by atoms with Crippen LogP contribution in [0.3, 0.4) is 0 Å². The van der Waals surface area contributed by atoms with Crippen LogP contribution in [0, 0.1) is 11.3 Å². The molecule has 1 aromatic rings. The highest BCUT2D eigenvalue weighted by atomic mass is 32.2. The SMILES string of the molecule is C[C@@H]1COC[C@@H](C)N1CCS(=O)(=O)c1ccc(C#N)cc1. The Morgan fingerprint density at radius 3 is 2.33 bits per heavy atom. The summed E-state index contributed by atoms with van der Waals surface area (Å²) in [7, 11) is -3.32. The third-order valence-electron chi connectivity index (χ3n) is 3.81. The Kier molecular flexibility index (Phi) is 4.99. The number of hydrogen-bond donors (Lipinski definition) is 0. The van der Waals surface area contributed by atoms with E-state index < -0.39 is 9.84 Å². The molecule has 0 N–H and O–H groups in total. The van der Waals surface area contributed by atoms with Gasteiger partial charge in [0, 0.05) is 18.6 Å². The topological polar surface area (TPSA) is 70.4 Å². The average molecular weight is 308 g/mol. The number of ether oxygens (including phenoxy) is 1. The van der Waals surface area contributed by atoms with Gasteiger partial charge >= 0.3 is 0 Å². The fourth-order valence-corrected chi connectivity index (χ4v) is 3.79. The molecule has 0 bridgehead atoms. The number of sulfone groups is 1. The summed E-state index contributed by atoms with van der Waals surface area (Å²) in [5.41, 5.74) is 0.462. The van der Waals surface area contributed by atoms with Crippen molar-refractivity contribution in [1.29, 1.82) is 5.26 Å². The van der Waals surface area contributed by atoms with Gasteiger partial charge in [-0.05, 0) is 38.1 Å². The second-order valence-electron chi connectivity index (χ2n) is 5.43. The number of morpholine rings is 1. The van der Waals surface area contributed by atoms with E-state index >= 15 is 0 Å². The minimum atomic E-state index is -3.32. The van der Waals surface area contributed by atoms with E-state index in [1.165, 1.54) is 24.3 Å². The standard InChI is InChI=1S/C15H20N2O3S/c1-12-10-20-11-13(2)17(12)7-8-21(18,19)15-5-3-14(9-16)4-6-15/h3-6,12-13H,7-8,10-11H2,1-2H3/t12-,13-/m1/s1. The smallest absolute Gasteiger partial charge is 0.179 e. The third-order valence-corrected chi connectivity index (χ3v) is 5.52. The predicted octanol–water partition coefficient (Wildman–Crippen LogP) is 1.44. The predicted molar refractivity (Wildman–Crippen MR) is 79.7 cm³/mol. The van der Waals surface area contributed by atoms with Crippen LogP contribution in [0.4, 0.5) is 0 Å². The lowest BCUT2D eigenvalue weighted by molar-refractivity contribution is -0.0334. The molecule has 2 atom stereocenters. The van der Waals surface area contributed by atoms with Crippen LogP contribution < -0.4 is 0 Å². The summed E-state index contributed by atoms with van der Waals surface area (Å²) in [6.07, 6.45) is 0. The molecule has 0 radical (unpaired) electrons. The van der Waals surface area contributed by atoms with Crippen molar-refractivity contribution >= 4 is 9.84 Å². The van der Waals surface area contributed by atoms with Crippen LogP contribution in [0.25, 0.3) is 0 Å². The molecule has 1 aliphatic heterocycles. The number of benzene rings is 1. The maximum absolute atomic E-state index is 12.3. The molecule has 0 amide bonds. The van der Waals surface area contributed by atoms with Gasteiger partial charge < -0.3 is 4.74 Å². The Labute approximate surface area is 126 Å². The fraction of sp³-hybridized carbons (Fsp3) is 0.533. The zero-order valence-corrected chi connectivity index (χ0v) is 13.1. The molecule has 0 aromatic heterocycles. The summed E-state index contributed by atoms with van der Waals surface area (Å²) in [4.78, 5) is 2.44. The van der Waals surface area contributed by atoms with Crippen LogP contribution in [0.5, 0.6) is 0 Å². The number of hydrogen-bond acceptors (Lipinski definition) is 5. The molecule has 1 saturated heterocycles. The van der Waals surface area contributed by atoms with Crippen molar-refractivity contribution in [2.24, 2.45) is 0 Å². The Morgan fingerprint density at radius 1 is 1.24 bits per heavy atom. The molecule has 0 aliphatic carbocycles. The largest absolute Gasteiger partial charge is 0.378 e. The van der Waals surface area contributed by atoms with Gasteiger partial charge in [-0.15, -0.1) is 0 Å². The van der Waals surface area contributed by atoms with Crippen LogP contribution in [0.15, 0.2) is 29.2 Å². The Balaban J connectivity index is 2.05. The van der Waals surface area contributed by atoms with Crippen molar-refractivity contribution in [2.45, 2.75) is 30.8 Å². The molecule has 21 heavy (non-hydrogen) atoms. The Bertz CT molecular complexity index is 609. The molecule has 1 heterocycles. The van der Waals surface area contributed by atoms with Crippen molar-refractivity contribution in [3.05, 3.63) is 29.8 Å². The second-order valence-corrected chi connectivity index (χ2v) is 7.54. The molecule has 1 aromatic carbocycles. The summed E-state index contributed by atoms with van der Waals surface area (Å²) in [5, 5.41) is 8.75. The maximum Gasteiger partial charge on any atom is 0.179 e. The van der Waals surface area contributed by atoms with E-state index in [-0.39, 0.29) is 22.7 Å². The van der Waals surface area contributed by atoms with E-state index in [0.29, 0.717) is 25.3 Å². The zero-order chi connectivity index (χ0) is 15.5. The highest BCUT2D eigenvalue weighted by Crippen LogP contribution is 2.16. The van der Waals surface area contributed by atoms with E-state index in [1.807, 2.05) is 19.9 Å². The van der Waals surface area contributed by atoms with Crippen LogP contribution >= 0.6 is 0 Å². The third kappa shape index (κ3) is 3.82. The van der Waals surface area contributed by atoms with E-state index in [9.17, 15) is 8.42 Å². The van der Waals surface area contributed by atoms with Crippen molar-refractivity contribution < 1.29 is 13.2 Å². The van der Waals surface area contributed by atoms with Gasteiger partial charge in [-0.3, -0.25) is 4.90 Å². The molecule has 0 saturated carbocycles. The van der Waals surface area contributed by atoms with Gasteiger partial charge in [0.1, 0.15) is 0 Å². The van der Waals surface area contributed by atoms with Gasteiger partial charge in [-0.1, -0.05) is 0 Å². The van der Waals surface area contributed by atoms with Crippen LogP contribution in [-0.4, -0.2) is 50.9 Å². The summed E-state index contributed by atoms with van der Waals surface area (Å²) >= 11 is 0. The molecular formula is C15H20N2O3S. The van der Waals surface area contributed by atoms with E-state index in [1.54, 1.807) is 0 Å². The molecule has 1 aliphatic rings. The van der Waals surface area contributed by atoms with Crippen LogP contribution in [0.1, 0.15) is 19.4 Å². The molecule has 0 spiro atoms. The minimum absolute atomic E-state index is 0.0770. The number of nitrogens with zero attached hydrogens (tertiary/aromatic N) is 2. The van der Waals surface area contributed by atoms with Crippen molar-refractivity contribution in [1.82, 2.24) is 4.90 Å². The molecular weight excluding hydrogens is 288 g/mol. The van der Waals surface area contributed by atoms with Gasteiger partial charge in [0.2, 0.25) is 0 Å². The lowest BCUT2D eigenvalue weighted by atomic mass is 10.2. The molecule has 114 valence electrons. The first-order valence-corrected chi connectivity index (χ1v) is 8.65. The zero-order valence-electron chi connectivity index (χ0n) is 12.3. The average Bonchev–Trinajstić information content (AvgIpc) is 2.47. The first kappa shape index (κ1) is 16.0. The van der Waals surface area contributed by atoms with Crippen LogP contribution in [-0.2, 0) is 14.6 Å². The summed E-state index contributed by atoms with van der Waals surface area (Å²) in [6.45, 7) is 5.87. The second kappa shape index (κ2) is 6.56. The monoisotopic (exact) mass is 308 g/mol. The summed E-state index contributed by atoms with van der Waals surface area (Å²) < 4.78 is 30.1. The van der Waals surface area contributed by atoms with E-state index in [2.05, 4.69) is 4.90 Å². The molecule has 1 fully saturated rings. The molecule has 2 rings (SSSR count). The quantitative estimate of drug-likeness (QED) is 0.842. The van der Waals surface area contributed by atoms with Gasteiger partial charge in [0.05, 0.1) is 35.5 Å². The molecule has 5 nitrogen and oxygen atoms in total. The van der Waals surface area contributed by atoms with Crippen LogP contribution in [0.2, 0.25) is 0 Å². The Hall–Kier alpha value is -1.42. The van der Waals surface area contributed by atoms with E-state index in [4.69, 9.17) is 10.00 Å². The fourth-order valence-electron chi connectivity index (χ4n) is 2.56. The van der Waals surface area contributed by atoms with Crippen molar-refractivity contribution in [2.75, 3.05) is 25.5 Å². The first-order chi connectivity index (χ1) is 9.94. The van der Waals surface area contributed by atoms with Crippen molar-refractivity contribution in [3.63, 3.8) is 0 Å². The van der Waals surface area contributed by atoms with Gasteiger partial charge in [0.25, 0.3) is 0 Å². The highest BCUT2D eigenvalue weighted by molar-refractivity contribution is 7.91. The lowest BCUT2D eigenvalue weighted by Crippen LogP contribution is -2.51. The number of nitriles is 1. The number of rotatable bonds is 4. The molecule has 6 heteroatoms. The van der Waals surface area contributed by atoms with Gasteiger partial charge in [-0.2, -0.15) is 5.26 Å². The highest BCUT2D eigenvalue weighted by Gasteiger charge is 2.27. The van der Waals surface area contributed by atoms with Gasteiger partial charge in [0.15, 0.2) is 9.84 Å². The lowest BCUT2D eigenvalue weighted by Gasteiger charge is -2.38. The summed E-state index contributed by atoms with van der Waals surface area (Å²) in [5.74, 6) is 0.0770. The van der Waals surface area contributed by atoms with Crippen molar-refractivity contribution in [3.8, 4) is 6.07 Å². The minimum Gasteiger partial charge on any atom is -0.378 e. The molecule has 0 unspecified atom stereocenters. The van der Waals surface area contributed by atoms with Gasteiger partial charge in [-0.25, -0.2) is 8.42 Å². The first-order valence-electron chi connectivity index (χ1n) is 7.00.